The molecule has 2 heterocycles. The number of piperidine rings is 1. The lowest BCUT2D eigenvalue weighted by atomic mass is 9.95. The molecule has 100 valence electrons. The summed E-state index contributed by atoms with van der Waals surface area (Å²) in [5, 5.41) is 0.634. The van der Waals surface area contributed by atoms with Crippen molar-refractivity contribution in [3.8, 4) is 0 Å². The van der Waals surface area contributed by atoms with E-state index >= 15 is 0 Å². The lowest BCUT2D eigenvalue weighted by Gasteiger charge is -2.36. The van der Waals surface area contributed by atoms with Crippen LogP contribution in [0.2, 0.25) is 5.15 Å². The molecule has 0 radical (unpaired) electrons. The summed E-state index contributed by atoms with van der Waals surface area (Å²) in [6.45, 7) is 6.74. The molecule has 0 spiro atoms. The molecule has 1 fully saturated rings. The Balaban J connectivity index is 2.14. The van der Waals surface area contributed by atoms with Crippen molar-refractivity contribution in [1.82, 2.24) is 9.88 Å². The van der Waals surface area contributed by atoms with Crippen molar-refractivity contribution in [2.24, 2.45) is 0 Å². The van der Waals surface area contributed by atoms with Crippen molar-refractivity contribution in [2.45, 2.75) is 52.0 Å². The first kappa shape index (κ1) is 13.8. The van der Waals surface area contributed by atoms with Gasteiger partial charge in [-0.15, -0.1) is 0 Å². The largest absolute Gasteiger partial charge is 0.296 e. The number of aromatic nitrogens is 1. The molecule has 0 aromatic carbocycles. The molecule has 1 aliphatic heterocycles. The van der Waals surface area contributed by atoms with Crippen LogP contribution >= 0.6 is 11.6 Å². The molecule has 1 saturated heterocycles. The zero-order chi connectivity index (χ0) is 13.0. The van der Waals surface area contributed by atoms with E-state index in [1.165, 1.54) is 50.8 Å². The average molecular weight is 267 g/mol. The van der Waals surface area contributed by atoms with Crippen molar-refractivity contribution in [1.29, 1.82) is 0 Å². The molecule has 1 aliphatic rings. The second-order valence-electron chi connectivity index (χ2n) is 5.28. The maximum atomic E-state index is 6.01. The van der Waals surface area contributed by atoms with Gasteiger partial charge in [0.1, 0.15) is 5.15 Å². The van der Waals surface area contributed by atoms with Gasteiger partial charge in [0.05, 0.1) is 0 Å². The smallest absolute Gasteiger partial charge is 0.131 e. The molecule has 1 aromatic rings. The van der Waals surface area contributed by atoms with Crippen molar-refractivity contribution >= 4 is 11.6 Å². The van der Waals surface area contributed by atoms with Crippen molar-refractivity contribution < 1.29 is 0 Å². The third-order valence-corrected chi connectivity index (χ3v) is 4.23. The van der Waals surface area contributed by atoms with Gasteiger partial charge in [0, 0.05) is 12.2 Å². The number of halogens is 1. The molecule has 1 aromatic heterocycles. The Morgan fingerprint density at radius 3 is 3.00 bits per heavy atom. The summed E-state index contributed by atoms with van der Waals surface area (Å²) in [5.41, 5.74) is 2.43. The van der Waals surface area contributed by atoms with Crippen molar-refractivity contribution in [2.75, 3.05) is 13.1 Å². The van der Waals surface area contributed by atoms with E-state index in [1.54, 1.807) is 0 Å². The Hall–Kier alpha value is -0.600. The third kappa shape index (κ3) is 3.24. The van der Waals surface area contributed by atoms with Crippen molar-refractivity contribution in [3.63, 3.8) is 0 Å². The molecule has 0 amide bonds. The first-order valence-electron chi connectivity index (χ1n) is 7.08. The number of aryl methyl sites for hydroxylation is 1. The Morgan fingerprint density at radius 2 is 2.28 bits per heavy atom. The van der Waals surface area contributed by atoms with E-state index in [-0.39, 0.29) is 0 Å². The van der Waals surface area contributed by atoms with E-state index in [1.807, 2.05) is 13.1 Å². The average Bonchev–Trinajstić information content (AvgIpc) is 2.40. The molecule has 1 atom stereocenters. The van der Waals surface area contributed by atoms with Crippen LogP contribution in [-0.4, -0.2) is 23.0 Å². The van der Waals surface area contributed by atoms with Crippen LogP contribution in [0.3, 0.4) is 0 Å². The molecule has 3 heteroatoms. The molecule has 2 nitrogen and oxygen atoms in total. The molecule has 0 unspecified atom stereocenters. The lowest BCUT2D eigenvalue weighted by Crippen LogP contribution is -2.34. The maximum absolute atomic E-state index is 6.01. The minimum absolute atomic E-state index is 0.550. The van der Waals surface area contributed by atoms with Crippen molar-refractivity contribution in [3.05, 3.63) is 28.5 Å². The van der Waals surface area contributed by atoms with Gasteiger partial charge in [0.25, 0.3) is 0 Å². The van der Waals surface area contributed by atoms with Crippen LogP contribution in [0.1, 0.15) is 56.2 Å². The van der Waals surface area contributed by atoms with Gasteiger partial charge >= 0.3 is 0 Å². The minimum Gasteiger partial charge on any atom is -0.296 e. The normalized spacial score (nSPS) is 21.2. The summed E-state index contributed by atoms with van der Waals surface area (Å²) >= 11 is 6.01. The van der Waals surface area contributed by atoms with Gasteiger partial charge in [0.2, 0.25) is 0 Å². The first-order chi connectivity index (χ1) is 8.72. The molecular weight excluding hydrogens is 244 g/mol. The van der Waals surface area contributed by atoms with Crippen LogP contribution < -0.4 is 0 Å². The molecule has 2 rings (SSSR count). The summed E-state index contributed by atoms with van der Waals surface area (Å²) < 4.78 is 0. The predicted molar refractivity (Wildman–Crippen MR) is 77.1 cm³/mol. The van der Waals surface area contributed by atoms with Crippen LogP contribution in [0.4, 0.5) is 0 Å². The van der Waals surface area contributed by atoms with Gasteiger partial charge < -0.3 is 0 Å². The molecular formula is C15H23ClN2. The monoisotopic (exact) mass is 266 g/mol. The van der Waals surface area contributed by atoms with E-state index in [9.17, 15) is 0 Å². The fourth-order valence-corrected chi connectivity index (χ4v) is 2.86. The minimum atomic E-state index is 0.550. The summed E-state index contributed by atoms with van der Waals surface area (Å²) in [7, 11) is 0. The number of hydrogen-bond acceptors (Lipinski definition) is 2. The maximum Gasteiger partial charge on any atom is 0.131 e. The predicted octanol–water partition coefficient (Wildman–Crippen LogP) is 4.37. The number of hydrogen-bond donors (Lipinski definition) is 0. The molecule has 0 aliphatic carbocycles. The van der Waals surface area contributed by atoms with Gasteiger partial charge in [-0.25, -0.2) is 4.98 Å². The van der Waals surface area contributed by atoms with E-state index < -0.39 is 0 Å². The van der Waals surface area contributed by atoms with Crippen LogP contribution in [0.15, 0.2) is 12.3 Å². The van der Waals surface area contributed by atoms with Gasteiger partial charge in [-0.05, 0) is 56.5 Å². The standard InChI is InChI=1S/C15H23ClN2/c1-3-4-8-18-9-6-5-7-14(18)13-10-12(2)15(16)17-11-13/h10-11,14H,3-9H2,1-2H3/t14-/m0/s1. The highest BCUT2D eigenvalue weighted by molar-refractivity contribution is 6.30. The highest BCUT2D eigenvalue weighted by Gasteiger charge is 2.23. The SMILES string of the molecule is CCCCN1CCCC[C@H]1c1cnc(Cl)c(C)c1. The second kappa shape index (κ2) is 6.53. The molecule has 0 saturated carbocycles. The second-order valence-corrected chi connectivity index (χ2v) is 5.64. The summed E-state index contributed by atoms with van der Waals surface area (Å²) in [4.78, 5) is 6.93. The fourth-order valence-electron chi connectivity index (χ4n) is 2.76. The van der Waals surface area contributed by atoms with Crippen LogP contribution in [0, 0.1) is 6.92 Å². The Labute approximate surface area is 115 Å². The first-order valence-corrected chi connectivity index (χ1v) is 7.46. The summed E-state index contributed by atoms with van der Waals surface area (Å²) in [5.74, 6) is 0. The summed E-state index contributed by atoms with van der Waals surface area (Å²) in [6, 6.07) is 2.76. The Bertz CT molecular complexity index is 392. The van der Waals surface area contributed by atoms with Crippen LogP contribution in [0.25, 0.3) is 0 Å². The van der Waals surface area contributed by atoms with E-state index in [4.69, 9.17) is 11.6 Å². The van der Waals surface area contributed by atoms with Gasteiger partial charge in [0.15, 0.2) is 0 Å². The van der Waals surface area contributed by atoms with Gasteiger partial charge in [-0.3, -0.25) is 4.90 Å². The number of unbranched alkanes of at least 4 members (excludes halogenated alkanes) is 1. The molecule has 0 bridgehead atoms. The molecule has 0 N–H and O–H groups in total. The summed E-state index contributed by atoms with van der Waals surface area (Å²) in [6.07, 6.45) is 8.43. The fraction of sp³-hybridized carbons (Fsp3) is 0.667. The van der Waals surface area contributed by atoms with Crippen LogP contribution in [-0.2, 0) is 0 Å². The van der Waals surface area contributed by atoms with Gasteiger partial charge in [-0.1, -0.05) is 31.4 Å². The van der Waals surface area contributed by atoms with Crippen LogP contribution in [0.5, 0.6) is 0 Å². The highest BCUT2D eigenvalue weighted by Crippen LogP contribution is 2.31. The van der Waals surface area contributed by atoms with E-state index in [2.05, 4.69) is 22.9 Å². The zero-order valence-electron chi connectivity index (χ0n) is 11.5. The number of likely N-dealkylation sites (tertiary alicyclic amines) is 1. The van der Waals surface area contributed by atoms with E-state index in [0.29, 0.717) is 11.2 Å². The van der Waals surface area contributed by atoms with Gasteiger partial charge in [-0.2, -0.15) is 0 Å². The third-order valence-electron chi connectivity index (χ3n) is 3.83. The molecule has 18 heavy (non-hydrogen) atoms. The number of rotatable bonds is 4. The number of nitrogens with zero attached hydrogens (tertiary/aromatic N) is 2. The highest BCUT2D eigenvalue weighted by atomic mass is 35.5. The Morgan fingerprint density at radius 1 is 1.44 bits per heavy atom. The quantitative estimate of drug-likeness (QED) is 0.753. The number of pyridine rings is 1. The zero-order valence-corrected chi connectivity index (χ0v) is 12.2. The van der Waals surface area contributed by atoms with E-state index in [0.717, 1.165) is 5.56 Å². The topological polar surface area (TPSA) is 16.1 Å². The Kier molecular flexibility index (Phi) is 5.02. The lowest BCUT2D eigenvalue weighted by molar-refractivity contribution is 0.146.